The van der Waals surface area contributed by atoms with Crippen LogP contribution in [0.2, 0.25) is 5.02 Å². The van der Waals surface area contributed by atoms with Gasteiger partial charge in [0.15, 0.2) is 0 Å². The maximum atomic E-state index is 12.9. The van der Waals surface area contributed by atoms with Crippen LogP contribution in [0.25, 0.3) is 22.0 Å². The number of halogens is 1. The van der Waals surface area contributed by atoms with Gasteiger partial charge in [0.1, 0.15) is 11.3 Å². The number of nitrogens with zero attached hydrogens (tertiary/aromatic N) is 3. The van der Waals surface area contributed by atoms with Crippen LogP contribution >= 0.6 is 11.6 Å². The predicted octanol–water partition coefficient (Wildman–Crippen LogP) is 4.78. The summed E-state index contributed by atoms with van der Waals surface area (Å²) in [6.07, 6.45) is 4.22. The molecule has 2 N–H and O–H groups in total. The van der Waals surface area contributed by atoms with Crippen LogP contribution in [0.1, 0.15) is 22.4 Å². The molecule has 5 aromatic rings. The van der Waals surface area contributed by atoms with Gasteiger partial charge in [-0.15, -0.1) is 0 Å². The lowest BCUT2D eigenvalue weighted by atomic mass is 9.80. The number of ether oxygens (including phenoxy) is 1. The molecule has 0 aliphatic carbocycles. The van der Waals surface area contributed by atoms with Crippen LogP contribution in [-0.4, -0.2) is 20.7 Å². The van der Waals surface area contributed by atoms with Crippen molar-refractivity contribution < 1.29 is 4.74 Å². The molecule has 0 saturated heterocycles. The molecule has 180 valence electrons. The van der Waals surface area contributed by atoms with Crippen molar-refractivity contribution >= 4 is 22.5 Å². The molecule has 6 bridgehead atoms. The summed E-state index contributed by atoms with van der Waals surface area (Å²) in [4.78, 5) is 17.3. The van der Waals surface area contributed by atoms with Gasteiger partial charge >= 0.3 is 0 Å². The number of nitrogens with two attached hydrogens (primary N) is 1. The van der Waals surface area contributed by atoms with Crippen LogP contribution in [0.3, 0.4) is 0 Å². The second-order valence-electron chi connectivity index (χ2n) is 9.33. The lowest BCUT2D eigenvalue weighted by Gasteiger charge is -2.32. The molecule has 0 spiro atoms. The van der Waals surface area contributed by atoms with Crippen molar-refractivity contribution in [3.63, 3.8) is 0 Å². The normalized spacial score (nSPS) is 17.1. The summed E-state index contributed by atoms with van der Waals surface area (Å²) >= 11 is 6.53. The first-order valence-corrected chi connectivity index (χ1v) is 12.2. The van der Waals surface area contributed by atoms with Crippen LogP contribution in [0.15, 0.2) is 84.0 Å². The van der Waals surface area contributed by atoms with Crippen molar-refractivity contribution in [2.24, 2.45) is 19.8 Å². The quantitative estimate of drug-likeness (QED) is 0.362. The molecule has 3 heterocycles. The van der Waals surface area contributed by atoms with Crippen LogP contribution in [0, 0.1) is 0 Å². The Bertz CT molecular complexity index is 1700. The predicted molar refractivity (Wildman–Crippen MR) is 143 cm³/mol. The van der Waals surface area contributed by atoms with E-state index in [1.165, 1.54) is 0 Å². The van der Waals surface area contributed by atoms with Crippen LogP contribution < -0.4 is 16.0 Å². The van der Waals surface area contributed by atoms with Gasteiger partial charge in [-0.25, -0.2) is 4.98 Å². The second kappa shape index (κ2) is 8.36. The summed E-state index contributed by atoms with van der Waals surface area (Å²) in [7, 11) is 3.72. The fraction of sp³-hybridized carbons (Fsp3) is 0.172. The van der Waals surface area contributed by atoms with E-state index >= 15 is 0 Å². The standard InChI is InChI=1S/C29H25ClN4O2/c1-33-17-32-16-27(33)29(31)20-7-9-25-23(13-20)22(15-28(35)34(25)2)19-5-3-4-18(12-19)10-11-36-26-14-21(29)6-8-24(26)30/h3-9,12-17H,10-11,31H2,1-2H3/t29-/m1/s1. The Morgan fingerprint density at radius 3 is 2.64 bits per heavy atom. The number of hydrogen-bond donors (Lipinski definition) is 1. The van der Waals surface area contributed by atoms with Crippen LogP contribution in [0.4, 0.5) is 0 Å². The van der Waals surface area contributed by atoms with Gasteiger partial charge in [0, 0.05) is 32.0 Å². The number of aryl methyl sites for hydroxylation is 2. The van der Waals surface area contributed by atoms with Gasteiger partial charge in [0.2, 0.25) is 0 Å². The van der Waals surface area contributed by atoms with E-state index in [4.69, 9.17) is 22.1 Å². The Morgan fingerprint density at radius 1 is 1.03 bits per heavy atom. The average molecular weight is 497 g/mol. The molecule has 0 radical (unpaired) electrons. The maximum Gasteiger partial charge on any atom is 0.251 e. The van der Waals surface area contributed by atoms with Crippen molar-refractivity contribution in [2.75, 3.05) is 6.61 Å². The molecule has 0 unspecified atom stereocenters. The minimum absolute atomic E-state index is 0.0620. The van der Waals surface area contributed by atoms with E-state index in [0.29, 0.717) is 23.8 Å². The van der Waals surface area contributed by atoms with Gasteiger partial charge in [-0.05, 0) is 52.1 Å². The highest BCUT2D eigenvalue weighted by molar-refractivity contribution is 6.32. The SMILES string of the molecule is Cn1cncc1[C@]1(N)c2ccc(Cl)c(c2)OCCc2cccc(c2)-c2cc(=O)n(C)c3ccc1cc23. The summed E-state index contributed by atoms with van der Waals surface area (Å²) < 4.78 is 9.74. The third-order valence-corrected chi connectivity index (χ3v) is 7.51. The van der Waals surface area contributed by atoms with E-state index < -0.39 is 5.54 Å². The van der Waals surface area contributed by atoms with E-state index in [0.717, 1.165) is 44.4 Å². The lowest BCUT2D eigenvalue weighted by molar-refractivity contribution is 0.321. The maximum absolute atomic E-state index is 12.9. The third-order valence-electron chi connectivity index (χ3n) is 7.20. The Hall–Kier alpha value is -3.87. The molecule has 1 aliphatic heterocycles. The van der Waals surface area contributed by atoms with Gasteiger partial charge < -0.3 is 19.6 Å². The fourth-order valence-electron chi connectivity index (χ4n) is 5.18. The van der Waals surface area contributed by atoms with E-state index in [2.05, 4.69) is 23.2 Å². The Kier molecular flexibility index (Phi) is 5.25. The monoisotopic (exact) mass is 496 g/mol. The summed E-state index contributed by atoms with van der Waals surface area (Å²) in [5.74, 6) is 0.586. The number of benzene rings is 3. The first kappa shape index (κ1) is 22.6. The zero-order chi connectivity index (χ0) is 25.0. The molecule has 1 aliphatic rings. The number of hydrogen-bond acceptors (Lipinski definition) is 4. The molecule has 7 heteroatoms. The van der Waals surface area contributed by atoms with Crippen LogP contribution in [-0.2, 0) is 26.1 Å². The molecule has 0 fully saturated rings. The van der Waals surface area contributed by atoms with Gasteiger partial charge in [-0.3, -0.25) is 4.79 Å². The van der Waals surface area contributed by atoms with Gasteiger partial charge in [0.05, 0.1) is 35.4 Å². The zero-order valence-corrected chi connectivity index (χ0v) is 20.8. The summed E-state index contributed by atoms with van der Waals surface area (Å²) in [5, 5.41) is 1.48. The van der Waals surface area contributed by atoms with E-state index in [1.54, 1.807) is 30.2 Å². The number of fused-ring (bicyclic) bond motifs is 6. The largest absolute Gasteiger partial charge is 0.492 e. The molecule has 36 heavy (non-hydrogen) atoms. The minimum atomic E-state index is -1.06. The highest BCUT2D eigenvalue weighted by Gasteiger charge is 2.36. The minimum Gasteiger partial charge on any atom is -0.492 e. The number of aromatic nitrogens is 3. The number of pyridine rings is 1. The fourth-order valence-corrected chi connectivity index (χ4v) is 5.35. The third kappa shape index (κ3) is 3.45. The van der Waals surface area contributed by atoms with E-state index in [1.807, 2.05) is 54.1 Å². The highest BCUT2D eigenvalue weighted by atomic mass is 35.5. The first-order chi connectivity index (χ1) is 17.4. The van der Waals surface area contributed by atoms with Crippen LogP contribution in [0.5, 0.6) is 5.75 Å². The Balaban J connectivity index is 1.75. The van der Waals surface area contributed by atoms with Crippen molar-refractivity contribution in [1.29, 1.82) is 0 Å². The molecular weight excluding hydrogens is 472 g/mol. The average Bonchev–Trinajstić information content (AvgIpc) is 3.32. The van der Waals surface area contributed by atoms with Gasteiger partial charge in [-0.2, -0.15) is 0 Å². The van der Waals surface area contributed by atoms with E-state index in [9.17, 15) is 4.79 Å². The van der Waals surface area contributed by atoms with Crippen molar-refractivity contribution in [3.8, 4) is 16.9 Å². The first-order valence-electron chi connectivity index (χ1n) is 11.8. The molecule has 1 atom stereocenters. The molecule has 0 saturated carbocycles. The highest BCUT2D eigenvalue weighted by Crippen LogP contribution is 2.40. The summed E-state index contributed by atoms with van der Waals surface area (Å²) in [5.41, 5.74) is 12.5. The Labute approximate surface area is 213 Å². The molecule has 3 aromatic carbocycles. The summed E-state index contributed by atoms with van der Waals surface area (Å²) in [6, 6.07) is 21.7. The van der Waals surface area contributed by atoms with Gasteiger partial charge in [-0.1, -0.05) is 48.0 Å². The van der Waals surface area contributed by atoms with Crippen molar-refractivity contribution in [3.05, 3.63) is 117 Å². The zero-order valence-electron chi connectivity index (χ0n) is 20.0. The smallest absolute Gasteiger partial charge is 0.251 e. The van der Waals surface area contributed by atoms with Gasteiger partial charge in [0.25, 0.3) is 5.56 Å². The van der Waals surface area contributed by atoms with Crippen molar-refractivity contribution in [1.82, 2.24) is 14.1 Å². The molecule has 0 amide bonds. The molecule has 6 rings (SSSR count). The lowest BCUT2D eigenvalue weighted by Crippen LogP contribution is -2.41. The summed E-state index contributed by atoms with van der Waals surface area (Å²) in [6.45, 7) is 0.452. The topological polar surface area (TPSA) is 75.1 Å². The van der Waals surface area contributed by atoms with E-state index in [-0.39, 0.29) is 5.56 Å². The van der Waals surface area contributed by atoms with Crippen molar-refractivity contribution in [2.45, 2.75) is 12.0 Å². The molecular formula is C29H25ClN4O2. The molecule has 6 nitrogen and oxygen atoms in total. The number of imidazole rings is 1. The molecule has 2 aromatic heterocycles. The Morgan fingerprint density at radius 2 is 1.83 bits per heavy atom. The number of rotatable bonds is 1. The second-order valence-corrected chi connectivity index (χ2v) is 9.74.